The first-order chi connectivity index (χ1) is 13.8. The third-order valence-electron chi connectivity index (χ3n) is 5.20. The molecule has 29 heavy (non-hydrogen) atoms. The zero-order valence-corrected chi connectivity index (χ0v) is 18.2. The monoisotopic (exact) mass is 420 g/mol. The van der Waals surface area contributed by atoms with Gasteiger partial charge in [0, 0.05) is 0 Å². The summed E-state index contributed by atoms with van der Waals surface area (Å²) in [6.07, 6.45) is 6.32. The predicted octanol–water partition coefficient (Wildman–Crippen LogP) is 4.02. The van der Waals surface area contributed by atoms with Crippen LogP contribution in [0.4, 0.5) is 0 Å². The van der Waals surface area contributed by atoms with Crippen molar-refractivity contribution in [2.24, 2.45) is 5.92 Å². The topological polar surface area (TPSA) is 87.5 Å². The van der Waals surface area contributed by atoms with Crippen molar-refractivity contribution >= 4 is 33.5 Å². The molecule has 0 aliphatic heterocycles. The molecule has 2 aromatic rings. The van der Waals surface area contributed by atoms with Gasteiger partial charge < -0.3 is 9.47 Å². The van der Waals surface area contributed by atoms with E-state index in [9.17, 15) is 14.4 Å². The van der Waals surface area contributed by atoms with Gasteiger partial charge in [0.25, 0.3) is 5.56 Å². The third-order valence-corrected chi connectivity index (χ3v) is 6.38. The summed E-state index contributed by atoms with van der Waals surface area (Å²) in [7, 11) is 0. The van der Waals surface area contributed by atoms with Gasteiger partial charge in [-0.15, -0.1) is 11.3 Å². The van der Waals surface area contributed by atoms with E-state index in [1.807, 2.05) is 13.8 Å². The Morgan fingerprint density at radius 1 is 1.24 bits per heavy atom. The standard InChI is InChI=1S/C21H28N2O5S/c1-12(2)10-27-21(26)17-13(3)16-18(29-17)22-11-23(19(16)24)14(4)20(25)28-15-8-6-5-7-9-15/h11-12,14-15H,5-10H2,1-4H3/t14-/m1/s1. The minimum Gasteiger partial charge on any atom is -0.461 e. The molecular weight excluding hydrogens is 392 g/mol. The third kappa shape index (κ3) is 4.69. The van der Waals surface area contributed by atoms with Crippen LogP contribution in [0, 0.1) is 12.8 Å². The molecule has 7 nitrogen and oxygen atoms in total. The maximum Gasteiger partial charge on any atom is 0.348 e. The fourth-order valence-electron chi connectivity index (χ4n) is 3.47. The summed E-state index contributed by atoms with van der Waals surface area (Å²) >= 11 is 1.14. The smallest absolute Gasteiger partial charge is 0.348 e. The van der Waals surface area contributed by atoms with E-state index in [-0.39, 0.29) is 17.6 Å². The minimum atomic E-state index is -0.781. The molecule has 1 aliphatic carbocycles. The highest BCUT2D eigenvalue weighted by Crippen LogP contribution is 2.28. The molecule has 158 valence electrons. The predicted molar refractivity (Wildman–Crippen MR) is 111 cm³/mol. The quantitative estimate of drug-likeness (QED) is 0.656. The summed E-state index contributed by atoms with van der Waals surface area (Å²) in [5.41, 5.74) is 0.193. The van der Waals surface area contributed by atoms with Gasteiger partial charge in [-0.25, -0.2) is 14.6 Å². The number of fused-ring (bicyclic) bond motifs is 1. The summed E-state index contributed by atoms with van der Waals surface area (Å²) in [6.45, 7) is 7.58. The number of ether oxygens (including phenoxy) is 2. The Morgan fingerprint density at radius 2 is 1.93 bits per heavy atom. The molecule has 1 atom stereocenters. The van der Waals surface area contributed by atoms with Crippen LogP contribution in [-0.4, -0.2) is 34.2 Å². The summed E-state index contributed by atoms with van der Waals surface area (Å²) in [5, 5.41) is 0.353. The number of hydrogen-bond acceptors (Lipinski definition) is 7. The second-order valence-corrected chi connectivity index (χ2v) is 9.06. The van der Waals surface area contributed by atoms with Gasteiger partial charge >= 0.3 is 11.9 Å². The zero-order valence-electron chi connectivity index (χ0n) is 17.4. The lowest BCUT2D eigenvalue weighted by atomic mass is 9.98. The molecule has 1 saturated carbocycles. The second-order valence-electron chi connectivity index (χ2n) is 8.06. The van der Waals surface area contributed by atoms with E-state index in [0.717, 1.165) is 37.0 Å². The molecule has 0 bridgehead atoms. The van der Waals surface area contributed by atoms with Crippen LogP contribution in [0.5, 0.6) is 0 Å². The van der Waals surface area contributed by atoms with Crippen molar-refractivity contribution in [3.63, 3.8) is 0 Å². The van der Waals surface area contributed by atoms with E-state index in [2.05, 4.69) is 4.98 Å². The Morgan fingerprint density at radius 3 is 2.59 bits per heavy atom. The molecule has 8 heteroatoms. The highest BCUT2D eigenvalue weighted by molar-refractivity contribution is 7.20. The van der Waals surface area contributed by atoms with Gasteiger partial charge in [-0.2, -0.15) is 0 Å². The van der Waals surface area contributed by atoms with Crippen molar-refractivity contribution in [3.8, 4) is 0 Å². The van der Waals surface area contributed by atoms with E-state index >= 15 is 0 Å². The molecule has 1 fully saturated rings. The molecule has 0 N–H and O–H groups in total. The molecule has 2 heterocycles. The number of nitrogens with zero attached hydrogens (tertiary/aromatic N) is 2. The summed E-state index contributed by atoms with van der Waals surface area (Å²) in [6, 6.07) is -0.781. The van der Waals surface area contributed by atoms with Crippen LogP contribution in [0.25, 0.3) is 10.2 Å². The van der Waals surface area contributed by atoms with Crippen LogP contribution in [-0.2, 0) is 14.3 Å². The summed E-state index contributed by atoms with van der Waals surface area (Å²) in [4.78, 5) is 43.2. The molecule has 0 unspecified atom stereocenters. The molecule has 0 spiro atoms. The first-order valence-corrected chi connectivity index (χ1v) is 11.0. The van der Waals surface area contributed by atoms with Crippen molar-refractivity contribution in [2.45, 2.75) is 71.9 Å². The number of thiophene rings is 1. The van der Waals surface area contributed by atoms with Crippen molar-refractivity contribution in [1.29, 1.82) is 0 Å². The maximum absolute atomic E-state index is 13.1. The van der Waals surface area contributed by atoms with Crippen molar-refractivity contribution < 1.29 is 19.1 Å². The number of hydrogen-bond donors (Lipinski definition) is 0. The largest absolute Gasteiger partial charge is 0.461 e. The van der Waals surface area contributed by atoms with Gasteiger partial charge in [0.1, 0.15) is 21.9 Å². The molecule has 0 amide bonds. The number of aryl methyl sites for hydroxylation is 1. The Labute approximate surface area is 174 Å². The molecule has 0 radical (unpaired) electrons. The van der Waals surface area contributed by atoms with Crippen LogP contribution < -0.4 is 5.56 Å². The van der Waals surface area contributed by atoms with Gasteiger partial charge in [-0.1, -0.05) is 20.3 Å². The lowest BCUT2D eigenvalue weighted by Gasteiger charge is -2.24. The number of esters is 2. The van der Waals surface area contributed by atoms with E-state index in [1.54, 1.807) is 13.8 Å². The first kappa shape index (κ1) is 21.5. The Kier molecular flexibility index (Phi) is 6.72. The molecule has 0 aromatic carbocycles. The highest BCUT2D eigenvalue weighted by Gasteiger charge is 2.26. The average molecular weight is 421 g/mol. The molecule has 2 aromatic heterocycles. The second kappa shape index (κ2) is 9.07. The lowest BCUT2D eigenvalue weighted by Crippen LogP contribution is -2.32. The Balaban J connectivity index is 1.85. The van der Waals surface area contributed by atoms with E-state index in [1.165, 1.54) is 17.3 Å². The Hall–Kier alpha value is -2.22. The molecule has 1 aliphatic rings. The van der Waals surface area contributed by atoms with E-state index in [0.29, 0.717) is 27.3 Å². The highest BCUT2D eigenvalue weighted by atomic mass is 32.1. The van der Waals surface area contributed by atoms with Crippen LogP contribution in [0.1, 0.15) is 74.2 Å². The summed E-state index contributed by atoms with van der Waals surface area (Å²) < 4.78 is 12.2. The van der Waals surface area contributed by atoms with Crippen LogP contribution in [0.3, 0.4) is 0 Å². The molecule has 3 rings (SSSR count). The molecule has 0 saturated heterocycles. The van der Waals surface area contributed by atoms with E-state index in [4.69, 9.17) is 9.47 Å². The zero-order chi connectivity index (χ0) is 21.1. The van der Waals surface area contributed by atoms with Gasteiger partial charge in [0.2, 0.25) is 0 Å². The van der Waals surface area contributed by atoms with Gasteiger partial charge in [0.15, 0.2) is 0 Å². The summed E-state index contributed by atoms with van der Waals surface area (Å²) in [5.74, 6) is -0.653. The number of carbonyl (C=O) groups is 2. The van der Waals surface area contributed by atoms with Crippen molar-refractivity contribution in [1.82, 2.24) is 9.55 Å². The Bertz CT molecular complexity index is 956. The lowest BCUT2D eigenvalue weighted by molar-refractivity contribution is -0.154. The van der Waals surface area contributed by atoms with Crippen molar-refractivity contribution in [3.05, 3.63) is 27.1 Å². The van der Waals surface area contributed by atoms with Gasteiger partial charge in [-0.3, -0.25) is 9.36 Å². The van der Waals surface area contributed by atoms with Gasteiger partial charge in [0.05, 0.1) is 18.3 Å². The fourth-order valence-corrected chi connectivity index (χ4v) is 4.51. The SMILES string of the molecule is Cc1c(C(=O)OCC(C)C)sc2ncn([C@H](C)C(=O)OC3CCCCC3)c(=O)c12. The van der Waals surface area contributed by atoms with Crippen LogP contribution in [0.2, 0.25) is 0 Å². The molecular formula is C21H28N2O5S. The number of rotatable bonds is 6. The van der Waals surface area contributed by atoms with Crippen LogP contribution >= 0.6 is 11.3 Å². The first-order valence-electron chi connectivity index (χ1n) is 10.2. The maximum atomic E-state index is 13.1. The number of aromatic nitrogens is 2. The average Bonchev–Trinajstić information content (AvgIpc) is 3.04. The van der Waals surface area contributed by atoms with Crippen molar-refractivity contribution in [2.75, 3.05) is 6.61 Å². The number of carbonyl (C=O) groups excluding carboxylic acids is 2. The van der Waals surface area contributed by atoms with Crippen LogP contribution in [0.15, 0.2) is 11.1 Å². The van der Waals surface area contributed by atoms with E-state index < -0.39 is 18.0 Å². The minimum absolute atomic E-state index is 0.0729. The van der Waals surface area contributed by atoms with Gasteiger partial charge in [-0.05, 0) is 51.0 Å². The fraction of sp³-hybridized carbons (Fsp3) is 0.619. The normalized spacial score (nSPS) is 16.2.